The maximum absolute atomic E-state index is 12.2. The standard InChI is InChI=1S/C14H18N2O2/c1-10(15)5-4-8-16-13(17)9-11-6-2-3-7-12(11)14(16)18/h2-3,6-7,10H,4-5,8-9,15H2,1H3. The lowest BCUT2D eigenvalue weighted by Crippen LogP contribution is -2.43. The van der Waals surface area contributed by atoms with Crippen LogP contribution in [0.5, 0.6) is 0 Å². The fraction of sp³-hybridized carbons (Fsp3) is 0.429. The van der Waals surface area contributed by atoms with Crippen LogP contribution in [-0.2, 0) is 11.2 Å². The van der Waals surface area contributed by atoms with E-state index < -0.39 is 0 Å². The molecule has 0 fully saturated rings. The van der Waals surface area contributed by atoms with E-state index in [2.05, 4.69) is 0 Å². The molecular weight excluding hydrogens is 228 g/mol. The van der Waals surface area contributed by atoms with Crippen LogP contribution in [0.1, 0.15) is 35.7 Å². The predicted octanol–water partition coefficient (Wildman–Crippen LogP) is 1.34. The van der Waals surface area contributed by atoms with E-state index in [4.69, 9.17) is 5.73 Å². The molecule has 2 rings (SSSR count). The maximum Gasteiger partial charge on any atom is 0.260 e. The Balaban J connectivity index is 2.09. The van der Waals surface area contributed by atoms with Crippen molar-refractivity contribution < 1.29 is 9.59 Å². The number of carbonyl (C=O) groups excluding carboxylic acids is 2. The van der Waals surface area contributed by atoms with Crippen molar-refractivity contribution in [2.45, 2.75) is 32.2 Å². The number of carbonyl (C=O) groups is 2. The molecule has 2 amide bonds. The zero-order chi connectivity index (χ0) is 13.1. The van der Waals surface area contributed by atoms with Crippen LogP contribution in [0.2, 0.25) is 0 Å². The van der Waals surface area contributed by atoms with Crippen molar-refractivity contribution in [3.63, 3.8) is 0 Å². The molecule has 1 aliphatic rings. The van der Waals surface area contributed by atoms with Gasteiger partial charge in [-0.3, -0.25) is 14.5 Å². The van der Waals surface area contributed by atoms with Gasteiger partial charge in [-0.05, 0) is 31.4 Å². The molecule has 2 N–H and O–H groups in total. The van der Waals surface area contributed by atoms with Gasteiger partial charge in [0.25, 0.3) is 5.91 Å². The minimum atomic E-state index is -0.175. The first-order valence-electron chi connectivity index (χ1n) is 6.28. The van der Waals surface area contributed by atoms with E-state index in [-0.39, 0.29) is 17.9 Å². The molecule has 0 aromatic heterocycles. The largest absolute Gasteiger partial charge is 0.328 e. The van der Waals surface area contributed by atoms with Gasteiger partial charge in [0, 0.05) is 18.2 Å². The van der Waals surface area contributed by atoms with Gasteiger partial charge in [-0.15, -0.1) is 0 Å². The second-order valence-corrected chi connectivity index (χ2v) is 4.80. The van der Waals surface area contributed by atoms with Gasteiger partial charge in [-0.2, -0.15) is 0 Å². The third-order valence-electron chi connectivity index (χ3n) is 3.18. The Morgan fingerprint density at radius 3 is 2.78 bits per heavy atom. The molecule has 0 spiro atoms. The predicted molar refractivity (Wildman–Crippen MR) is 69.1 cm³/mol. The van der Waals surface area contributed by atoms with Gasteiger partial charge in [0.2, 0.25) is 5.91 Å². The molecule has 1 atom stereocenters. The van der Waals surface area contributed by atoms with Gasteiger partial charge in [-0.25, -0.2) is 0 Å². The van der Waals surface area contributed by atoms with Crippen molar-refractivity contribution in [2.24, 2.45) is 5.73 Å². The second-order valence-electron chi connectivity index (χ2n) is 4.80. The molecule has 4 heteroatoms. The topological polar surface area (TPSA) is 63.4 Å². The Kier molecular flexibility index (Phi) is 3.77. The lowest BCUT2D eigenvalue weighted by atomic mass is 9.98. The normalized spacial score (nSPS) is 16.7. The van der Waals surface area contributed by atoms with Crippen molar-refractivity contribution in [3.05, 3.63) is 35.4 Å². The van der Waals surface area contributed by atoms with Crippen molar-refractivity contribution in [3.8, 4) is 0 Å². The molecule has 0 saturated heterocycles. The van der Waals surface area contributed by atoms with Crippen LogP contribution in [0, 0.1) is 0 Å². The van der Waals surface area contributed by atoms with Crippen LogP contribution < -0.4 is 5.73 Å². The van der Waals surface area contributed by atoms with Crippen LogP contribution in [0.15, 0.2) is 24.3 Å². The first-order valence-corrected chi connectivity index (χ1v) is 6.28. The SMILES string of the molecule is CC(N)CCCN1C(=O)Cc2ccccc2C1=O. The summed E-state index contributed by atoms with van der Waals surface area (Å²) in [5.74, 6) is -0.283. The van der Waals surface area contributed by atoms with Crippen LogP contribution in [0.3, 0.4) is 0 Å². The molecule has 96 valence electrons. The highest BCUT2D eigenvalue weighted by Crippen LogP contribution is 2.19. The highest BCUT2D eigenvalue weighted by atomic mass is 16.2. The van der Waals surface area contributed by atoms with Crippen molar-refractivity contribution in [1.29, 1.82) is 0 Å². The third-order valence-corrected chi connectivity index (χ3v) is 3.18. The molecule has 0 saturated carbocycles. The van der Waals surface area contributed by atoms with E-state index in [9.17, 15) is 9.59 Å². The van der Waals surface area contributed by atoms with Gasteiger partial charge in [0.15, 0.2) is 0 Å². The molecule has 1 aliphatic heterocycles. The third kappa shape index (κ3) is 2.59. The highest BCUT2D eigenvalue weighted by Gasteiger charge is 2.29. The van der Waals surface area contributed by atoms with Crippen LogP contribution in [0.4, 0.5) is 0 Å². The van der Waals surface area contributed by atoms with E-state index in [0.717, 1.165) is 18.4 Å². The number of nitrogens with zero attached hydrogens (tertiary/aromatic N) is 1. The summed E-state index contributed by atoms with van der Waals surface area (Å²) in [6, 6.07) is 7.40. The molecule has 4 nitrogen and oxygen atoms in total. The Hall–Kier alpha value is -1.68. The fourth-order valence-electron chi connectivity index (χ4n) is 2.20. The first-order chi connectivity index (χ1) is 8.59. The number of rotatable bonds is 4. The Labute approximate surface area is 107 Å². The van der Waals surface area contributed by atoms with Crippen molar-refractivity contribution >= 4 is 11.8 Å². The van der Waals surface area contributed by atoms with Crippen molar-refractivity contribution in [2.75, 3.05) is 6.54 Å². The minimum absolute atomic E-state index is 0.104. The number of hydrogen-bond donors (Lipinski definition) is 1. The zero-order valence-corrected chi connectivity index (χ0v) is 10.6. The number of amides is 2. The molecule has 1 aromatic rings. The number of benzene rings is 1. The van der Waals surface area contributed by atoms with E-state index in [1.807, 2.05) is 25.1 Å². The monoisotopic (exact) mass is 246 g/mol. The lowest BCUT2D eigenvalue weighted by molar-refractivity contribution is -0.128. The molecule has 18 heavy (non-hydrogen) atoms. The number of hydrogen-bond acceptors (Lipinski definition) is 3. The summed E-state index contributed by atoms with van der Waals surface area (Å²) in [5.41, 5.74) is 7.15. The molecular formula is C14H18N2O2. The second kappa shape index (κ2) is 5.31. The summed E-state index contributed by atoms with van der Waals surface area (Å²) in [4.78, 5) is 25.4. The van der Waals surface area contributed by atoms with Crippen LogP contribution in [-0.4, -0.2) is 29.3 Å². The van der Waals surface area contributed by atoms with Gasteiger partial charge < -0.3 is 5.73 Å². The Bertz CT molecular complexity index is 469. The van der Waals surface area contributed by atoms with E-state index in [1.165, 1.54) is 4.90 Å². The molecule has 1 aromatic carbocycles. The van der Waals surface area contributed by atoms with Gasteiger partial charge in [0.1, 0.15) is 0 Å². The number of fused-ring (bicyclic) bond motifs is 1. The summed E-state index contributed by atoms with van der Waals surface area (Å²) in [6.45, 7) is 2.39. The lowest BCUT2D eigenvalue weighted by Gasteiger charge is -2.26. The maximum atomic E-state index is 12.2. The van der Waals surface area contributed by atoms with Crippen molar-refractivity contribution in [1.82, 2.24) is 4.90 Å². The van der Waals surface area contributed by atoms with Gasteiger partial charge in [0.05, 0.1) is 6.42 Å². The van der Waals surface area contributed by atoms with E-state index in [1.54, 1.807) is 6.07 Å². The Morgan fingerprint density at radius 1 is 1.33 bits per heavy atom. The van der Waals surface area contributed by atoms with Crippen LogP contribution in [0.25, 0.3) is 0 Å². The molecule has 1 unspecified atom stereocenters. The summed E-state index contributed by atoms with van der Waals surface area (Å²) >= 11 is 0. The summed E-state index contributed by atoms with van der Waals surface area (Å²) in [5, 5.41) is 0. The average Bonchev–Trinajstić information content (AvgIpc) is 2.33. The highest BCUT2D eigenvalue weighted by molar-refractivity contribution is 6.09. The zero-order valence-electron chi connectivity index (χ0n) is 10.6. The molecule has 0 aliphatic carbocycles. The minimum Gasteiger partial charge on any atom is -0.328 e. The summed E-state index contributed by atoms with van der Waals surface area (Å²) in [7, 11) is 0. The summed E-state index contributed by atoms with van der Waals surface area (Å²) < 4.78 is 0. The average molecular weight is 246 g/mol. The van der Waals surface area contributed by atoms with Gasteiger partial charge >= 0.3 is 0 Å². The number of nitrogens with two attached hydrogens (primary N) is 1. The Morgan fingerprint density at radius 2 is 2.06 bits per heavy atom. The van der Waals surface area contributed by atoms with Gasteiger partial charge in [-0.1, -0.05) is 18.2 Å². The quantitative estimate of drug-likeness (QED) is 0.815. The van der Waals surface area contributed by atoms with E-state index in [0.29, 0.717) is 18.5 Å². The molecule has 0 bridgehead atoms. The smallest absolute Gasteiger partial charge is 0.260 e. The molecule has 0 radical (unpaired) electrons. The number of imide groups is 1. The summed E-state index contributed by atoms with van der Waals surface area (Å²) in [6.07, 6.45) is 1.90. The molecule has 1 heterocycles. The van der Waals surface area contributed by atoms with Crippen LogP contribution >= 0.6 is 0 Å². The van der Waals surface area contributed by atoms with E-state index >= 15 is 0 Å². The fourth-order valence-corrected chi connectivity index (χ4v) is 2.20. The first kappa shape index (κ1) is 12.8.